The van der Waals surface area contributed by atoms with Gasteiger partial charge >= 0.3 is 5.97 Å². The topological polar surface area (TPSA) is 41.6 Å². The van der Waals surface area contributed by atoms with E-state index < -0.39 is 0 Å². The predicted octanol–water partition coefficient (Wildman–Crippen LogP) is 1.12. The molecule has 0 amide bonds. The van der Waals surface area contributed by atoms with Crippen LogP contribution in [-0.2, 0) is 9.53 Å². The normalized spacial score (nSPS) is 20.2. The minimum atomic E-state index is -0.0974. The van der Waals surface area contributed by atoms with Gasteiger partial charge in [0.2, 0.25) is 0 Å². The van der Waals surface area contributed by atoms with Gasteiger partial charge in [-0.2, -0.15) is 0 Å². The molecule has 0 bridgehead atoms. The van der Waals surface area contributed by atoms with Crippen molar-refractivity contribution in [3.8, 4) is 0 Å². The summed E-state index contributed by atoms with van der Waals surface area (Å²) in [6, 6.07) is 0. The molecule has 1 atom stereocenters. The van der Waals surface area contributed by atoms with Gasteiger partial charge in [-0.15, -0.1) is 0 Å². The second-order valence-electron chi connectivity index (χ2n) is 4.98. The van der Waals surface area contributed by atoms with E-state index in [1.54, 1.807) is 0 Å². The number of nitrogens with zero attached hydrogens (tertiary/aromatic N) is 1. The fraction of sp³-hybridized carbons (Fsp3) is 0.923. The highest BCUT2D eigenvalue weighted by atomic mass is 16.5. The van der Waals surface area contributed by atoms with Crippen molar-refractivity contribution in [2.24, 2.45) is 11.8 Å². The Kier molecular flexibility index (Phi) is 6.52. The zero-order valence-corrected chi connectivity index (χ0v) is 11.4. The molecule has 0 saturated carbocycles. The second-order valence-corrected chi connectivity index (χ2v) is 4.98. The molecule has 1 N–H and O–H groups in total. The van der Waals surface area contributed by atoms with Crippen LogP contribution in [0.1, 0.15) is 26.7 Å². The molecular formula is C13H26N2O2. The first-order valence-electron chi connectivity index (χ1n) is 6.68. The predicted molar refractivity (Wildman–Crippen MR) is 68.9 cm³/mol. The van der Waals surface area contributed by atoms with E-state index in [-0.39, 0.29) is 11.9 Å². The van der Waals surface area contributed by atoms with E-state index in [1.807, 2.05) is 6.92 Å². The first-order chi connectivity index (χ1) is 8.17. The molecule has 0 aromatic rings. The largest absolute Gasteiger partial charge is 0.469 e. The van der Waals surface area contributed by atoms with E-state index in [2.05, 4.69) is 17.1 Å². The maximum Gasteiger partial charge on any atom is 0.309 e. The smallest absolute Gasteiger partial charge is 0.309 e. The van der Waals surface area contributed by atoms with Crippen molar-refractivity contribution in [3.63, 3.8) is 0 Å². The van der Waals surface area contributed by atoms with Crippen LogP contribution >= 0.6 is 0 Å². The summed E-state index contributed by atoms with van der Waals surface area (Å²) in [4.78, 5) is 13.7. The minimum absolute atomic E-state index is 0.00897. The monoisotopic (exact) mass is 242 g/mol. The molecule has 4 nitrogen and oxygen atoms in total. The van der Waals surface area contributed by atoms with Crippen LogP contribution < -0.4 is 5.32 Å². The number of piperidine rings is 1. The van der Waals surface area contributed by atoms with Gasteiger partial charge in [-0.1, -0.05) is 13.8 Å². The molecule has 17 heavy (non-hydrogen) atoms. The number of likely N-dealkylation sites (tertiary alicyclic amines) is 1. The lowest BCUT2D eigenvalue weighted by molar-refractivity contribution is -0.145. The Balaban J connectivity index is 2.20. The van der Waals surface area contributed by atoms with Gasteiger partial charge in [0.1, 0.15) is 0 Å². The molecule has 1 aliphatic heterocycles. The molecule has 1 fully saturated rings. The summed E-state index contributed by atoms with van der Waals surface area (Å²) in [7, 11) is 1.46. The second kappa shape index (κ2) is 7.67. The number of carbonyl (C=O) groups excluding carboxylic acids is 1. The maximum absolute atomic E-state index is 11.3. The Morgan fingerprint density at radius 2 is 2.12 bits per heavy atom. The number of hydrogen-bond acceptors (Lipinski definition) is 4. The van der Waals surface area contributed by atoms with E-state index in [0.29, 0.717) is 0 Å². The summed E-state index contributed by atoms with van der Waals surface area (Å²) in [6.45, 7) is 9.33. The van der Waals surface area contributed by atoms with Crippen molar-refractivity contribution >= 4 is 5.97 Å². The zero-order valence-electron chi connectivity index (χ0n) is 11.4. The van der Waals surface area contributed by atoms with Crippen molar-refractivity contribution < 1.29 is 9.53 Å². The molecule has 4 heteroatoms. The number of nitrogens with one attached hydrogen (secondary N) is 1. The molecule has 0 radical (unpaired) electrons. The molecule has 0 aliphatic carbocycles. The summed E-state index contributed by atoms with van der Waals surface area (Å²) in [5.74, 6) is 0.699. The van der Waals surface area contributed by atoms with Crippen molar-refractivity contribution in [1.82, 2.24) is 10.2 Å². The van der Waals surface area contributed by atoms with Gasteiger partial charge in [-0.05, 0) is 44.9 Å². The standard InChI is InChI=1S/C13H26N2O2/c1-4-14-9-12-5-7-15(8-6-12)10-11(2)13(16)17-3/h11-12,14H,4-10H2,1-3H3. The summed E-state index contributed by atoms with van der Waals surface area (Å²) in [5.41, 5.74) is 0. The summed E-state index contributed by atoms with van der Waals surface area (Å²) in [5, 5.41) is 3.41. The first kappa shape index (κ1) is 14.5. The van der Waals surface area contributed by atoms with Crippen LogP contribution in [0.25, 0.3) is 0 Å². The molecule has 1 heterocycles. The Labute approximate surface area is 105 Å². The van der Waals surface area contributed by atoms with E-state index >= 15 is 0 Å². The summed E-state index contributed by atoms with van der Waals surface area (Å²) < 4.78 is 4.75. The fourth-order valence-corrected chi connectivity index (χ4v) is 2.38. The minimum Gasteiger partial charge on any atom is -0.469 e. The van der Waals surface area contributed by atoms with E-state index in [9.17, 15) is 4.79 Å². The van der Waals surface area contributed by atoms with E-state index in [1.165, 1.54) is 20.0 Å². The molecule has 0 aromatic carbocycles. The van der Waals surface area contributed by atoms with Crippen LogP contribution in [0.15, 0.2) is 0 Å². The number of ether oxygens (including phenoxy) is 1. The molecule has 1 rings (SSSR count). The molecule has 0 spiro atoms. The van der Waals surface area contributed by atoms with Crippen molar-refractivity contribution in [2.45, 2.75) is 26.7 Å². The lowest BCUT2D eigenvalue weighted by Gasteiger charge is -2.33. The third kappa shape index (κ3) is 5.04. The van der Waals surface area contributed by atoms with E-state index in [0.717, 1.165) is 38.6 Å². The highest BCUT2D eigenvalue weighted by Crippen LogP contribution is 2.17. The van der Waals surface area contributed by atoms with Crippen LogP contribution in [0.2, 0.25) is 0 Å². The first-order valence-corrected chi connectivity index (χ1v) is 6.68. The van der Waals surface area contributed by atoms with Crippen LogP contribution in [0, 0.1) is 11.8 Å². The van der Waals surface area contributed by atoms with Gasteiger partial charge < -0.3 is 15.0 Å². The number of methoxy groups -OCH3 is 1. The molecule has 0 aromatic heterocycles. The average molecular weight is 242 g/mol. The highest BCUT2D eigenvalue weighted by molar-refractivity contribution is 5.72. The lowest BCUT2D eigenvalue weighted by atomic mass is 9.96. The SMILES string of the molecule is CCNCC1CCN(CC(C)C(=O)OC)CC1. The fourth-order valence-electron chi connectivity index (χ4n) is 2.38. The molecule has 1 unspecified atom stereocenters. The summed E-state index contributed by atoms with van der Waals surface area (Å²) in [6.07, 6.45) is 2.47. The van der Waals surface area contributed by atoms with Gasteiger partial charge in [-0.3, -0.25) is 4.79 Å². The van der Waals surface area contributed by atoms with E-state index in [4.69, 9.17) is 4.74 Å². The molecule has 1 saturated heterocycles. The van der Waals surface area contributed by atoms with Crippen LogP contribution in [0.3, 0.4) is 0 Å². The number of rotatable bonds is 6. The van der Waals surface area contributed by atoms with Gasteiger partial charge in [0.25, 0.3) is 0 Å². The highest BCUT2D eigenvalue weighted by Gasteiger charge is 2.22. The Morgan fingerprint density at radius 1 is 1.47 bits per heavy atom. The quantitative estimate of drug-likeness (QED) is 0.709. The zero-order chi connectivity index (χ0) is 12.7. The van der Waals surface area contributed by atoms with Crippen LogP contribution in [-0.4, -0.2) is 50.7 Å². The number of hydrogen-bond donors (Lipinski definition) is 1. The summed E-state index contributed by atoms with van der Waals surface area (Å²) >= 11 is 0. The van der Waals surface area contributed by atoms with Gasteiger partial charge in [0.05, 0.1) is 13.0 Å². The van der Waals surface area contributed by atoms with Gasteiger partial charge in [0, 0.05) is 6.54 Å². The molecule has 1 aliphatic rings. The van der Waals surface area contributed by atoms with Crippen LogP contribution in [0.5, 0.6) is 0 Å². The maximum atomic E-state index is 11.3. The van der Waals surface area contributed by atoms with Crippen molar-refractivity contribution in [2.75, 3.05) is 39.8 Å². The van der Waals surface area contributed by atoms with Crippen molar-refractivity contribution in [1.29, 1.82) is 0 Å². The average Bonchev–Trinajstić information content (AvgIpc) is 2.37. The lowest BCUT2D eigenvalue weighted by Crippen LogP contribution is -2.40. The third-order valence-corrected chi connectivity index (χ3v) is 3.53. The van der Waals surface area contributed by atoms with Crippen LogP contribution in [0.4, 0.5) is 0 Å². The Bertz CT molecular complexity index is 225. The number of carbonyl (C=O) groups is 1. The molecule has 100 valence electrons. The molecular weight excluding hydrogens is 216 g/mol. The van der Waals surface area contributed by atoms with Crippen molar-refractivity contribution in [3.05, 3.63) is 0 Å². The third-order valence-electron chi connectivity index (χ3n) is 3.53. The Hall–Kier alpha value is -0.610. The van der Waals surface area contributed by atoms with Gasteiger partial charge in [0.15, 0.2) is 0 Å². The Morgan fingerprint density at radius 3 is 2.65 bits per heavy atom. The van der Waals surface area contributed by atoms with Gasteiger partial charge in [-0.25, -0.2) is 0 Å². The number of esters is 1.